The summed E-state index contributed by atoms with van der Waals surface area (Å²) in [6.07, 6.45) is 0. The molecule has 1 aromatic rings. The highest BCUT2D eigenvalue weighted by molar-refractivity contribution is 5.92. The van der Waals surface area contributed by atoms with E-state index >= 15 is 0 Å². The SMILES string of the molecule is CC(=O)Oc1ccccc1N(C)C(N)=O. The van der Waals surface area contributed by atoms with Crippen molar-refractivity contribution < 1.29 is 14.3 Å². The van der Waals surface area contributed by atoms with E-state index in [2.05, 4.69) is 0 Å². The Morgan fingerprint density at radius 1 is 1.33 bits per heavy atom. The number of carbonyl (C=O) groups excluding carboxylic acids is 2. The number of hydrogen-bond acceptors (Lipinski definition) is 3. The van der Waals surface area contributed by atoms with Crippen LogP contribution in [0.3, 0.4) is 0 Å². The zero-order valence-corrected chi connectivity index (χ0v) is 8.56. The van der Waals surface area contributed by atoms with Gasteiger partial charge in [-0.15, -0.1) is 0 Å². The summed E-state index contributed by atoms with van der Waals surface area (Å²) in [4.78, 5) is 23.0. The Balaban J connectivity index is 3.05. The second kappa shape index (κ2) is 4.45. The zero-order valence-electron chi connectivity index (χ0n) is 8.56. The predicted octanol–water partition coefficient (Wildman–Crippen LogP) is 1.13. The normalized spacial score (nSPS) is 9.47. The number of rotatable bonds is 2. The van der Waals surface area contributed by atoms with Crippen LogP contribution in [0.15, 0.2) is 24.3 Å². The van der Waals surface area contributed by atoms with Crippen molar-refractivity contribution in [1.29, 1.82) is 0 Å². The Morgan fingerprint density at radius 3 is 2.47 bits per heavy atom. The molecule has 2 amide bonds. The van der Waals surface area contributed by atoms with Crippen LogP contribution < -0.4 is 15.4 Å². The van der Waals surface area contributed by atoms with Crippen molar-refractivity contribution in [1.82, 2.24) is 0 Å². The summed E-state index contributed by atoms with van der Waals surface area (Å²) in [7, 11) is 1.50. The molecule has 0 fully saturated rings. The number of benzene rings is 1. The summed E-state index contributed by atoms with van der Waals surface area (Å²) in [5, 5.41) is 0. The van der Waals surface area contributed by atoms with Crippen molar-refractivity contribution in [3.63, 3.8) is 0 Å². The molecule has 0 unspecified atom stereocenters. The van der Waals surface area contributed by atoms with Crippen molar-refractivity contribution in [2.45, 2.75) is 6.92 Å². The molecule has 0 saturated carbocycles. The summed E-state index contributed by atoms with van der Waals surface area (Å²) < 4.78 is 4.93. The number of carbonyl (C=O) groups is 2. The summed E-state index contributed by atoms with van der Waals surface area (Å²) in [6, 6.07) is 6.05. The van der Waals surface area contributed by atoms with E-state index < -0.39 is 12.0 Å². The van der Waals surface area contributed by atoms with Gasteiger partial charge >= 0.3 is 12.0 Å². The second-order valence-corrected chi connectivity index (χ2v) is 2.96. The van der Waals surface area contributed by atoms with Crippen LogP contribution in [0.4, 0.5) is 10.5 Å². The first-order valence-corrected chi connectivity index (χ1v) is 4.33. The van der Waals surface area contributed by atoms with E-state index in [1.807, 2.05) is 0 Å². The van der Waals surface area contributed by atoms with E-state index in [-0.39, 0.29) is 0 Å². The minimum Gasteiger partial charge on any atom is -0.424 e. The lowest BCUT2D eigenvalue weighted by Crippen LogP contribution is -2.32. The lowest BCUT2D eigenvalue weighted by molar-refractivity contribution is -0.131. The molecule has 5 nitrogen and oxygen atoms in total. The number of primary amides is 1. The van der Waals surface area contributed by atoms with Crippen molar-refractivity contribution in [2.24, 2.45) is 5.73 Å². The topological polar surface area (TPSA) is 72.6 Å². The first-order chi connectivity index (χ1) is 7.02. The number of amides is 2. The summed E-state index contributed by atoms with van der Waals surface area (Å²) >= 11 is 0. The maximum absolute atomic E-state index is 10.9. The van der Waals surface area contributed by atoms with Crippen LogP contribution in [0, 0.1) is 0 Å². The average molecular weight is 208 g/mol. The molecule has 0 aliphatic carbocycles. The van der Waals surface area contributed by atoms with Crippen LogP contribution in [0.2, 0.25) is 0 Å². The number of esters is 1. The molecular formula is C10H12N2O3. The second-order valence-electron chi connectivity index (χ2n) is 2.96. The Hall–Kier alpha value is -2.04. The molecule has 80 valence electrons. The van der Waals surface area contributed by atoms with Crippen LogP contribution >= 0.6 is 0 Å². The maximum atomic E-state index is 10.9. The molecular weight excluding hydrogens is 196 g/mol. The quantitative estimate of drug-likeness (QED) is 0.584. The molecule has 0 spiro atoms. The fourth-order valence-corrected chi connectivity index (χ4v) is 1.09. The lowest BCUT2D eigenvalue weighted by Gasteiger charge is -2.17. The first-order valence-electron chi connectivity index (χ1n) is 4.33. The fourth-order valence-electron chi connectivity index (χ4n) is 1.09. The van der Waals surface area contributed by atoms with E-state index in [4.69, 9.17) is 10.5 Å². The Kier molecular flexibility index (Phi) is 3.28. The lowest BCUT2D eigenvalue weighted by atomic mass is 10.3. The number of ether oxygens (including phenoxy) is 1. The van der Waals surface area contributed by atoms with Gasteiger partial charge in [-0.1, -0.05) is 12.1 Å². The van der Waals surface area contributed by atoms with Gasteiger partial charge in [0.2, 0.25) is 0 Å². The van der Waals surface area contributed by atoms with Gasteiger partial charge in [0.05, 0.1) is 5.69 Å². The molecule has 15 heavy (non-hydrogen) atoms. The van der Waals surface area contributed by atoms with Gasteiger partial charge in [0, 0.05) is 14.0 Å². The predicted molar refractivity (Wildman–Crippen MR) is 55.7 cm³/mol. The standard InChI is InChI=1S/C10H12N2O3/c1-7(13)15-9-6-4-3-5-8(9)12(2)10(11)14/h3-6H,1-2H3,(H2,11,14). The molecule has 0 bridgehead atoms. The van der Waals surface area contributed by atoms with Gasteiger partial charge in [0.25, 0.3) is 0 Å². The van der Waals surface area contributed by atoms with E-state index in [1.165, 1.54) is 18.9 Å². The zero-order chi connectivity index (χ0) is 11.4. The van der Waals surface area contributed by atoms with Gasteiger partial charge in [-0.05, 0) is 12.1 Å². The van der Waals surface area contributed by atoms with E-state index in [1.54, 1.807) is 24.3 Å². The molecule has 0 radical (unpaired) electrons. The smallest absolute Gasteiger partial charge is 0.319 e. The van der Waals surface area contributed by atoms with Gasteiger partial charge in [-0.25, -0.2) is 4.79 Å². The van der Waals surface area contributed by atoms with Crippen molar-refractivity contribution in [3.8, 4) is 5.75 Å². The fraction of sp³-hybridized carbons (Fsp3) is 0.200. The largest absolute Gasteiger partial charge is 0.424 e. The molecule has 1 aromatic carbocycles. The van der Waals surface area contributed by atoms with E-state index in [0.29, 0.717) is 11.4 Å². The highest BCUT2D eigenvalue weighted by Gasteiger charge is 2.12. The molecule has 0 aromatic heterocycles. The van der Waals surface area contributed by atoms with Gasteiger partial charge in [-0.3, -0.25) is 9.69 Å². The minimum atomic E-state index is -0.616. The molecule has 0 atom stereocenters. The third kappa shape index (κ3) is 2.70. The van der Waals surface area contributed by atoms with Crippen molar-refractivity contribution >= 4 is 17.7 Å². The Bertz CT molecular complexity index is 390. The van der Waals surface area contributed by atoms with Crippen molar-refractivity contribution in [3.05, 3.63) is 24.3 Å². The summed E-state index contributed by atoms with van der Waals surface area (Å²) in [5.74, 6) is -0.133. The Labute approximate surface area is 87.4 Å². The van der Waals surface area contributed by atoms with Crippen LogP contribution in [-0.2, 0) is 4.79 Å². The van der Waals surface area contributed by atoms with Crippen LogP contribution in [0.1, 0.15) is 6.92 Å². The number of nitrogens with two attached hydrogens (primary N) is 1. The number of para-hydroxylation sites is 2. The molecule has 1 rings (SSSR count). The van der Waals surface area contributed by atoms with Crippen LogP contribution in [0.25, 0.3) is 0 Å². The van der Waals surface area contributed by atoms with E-state index in [0.717, 1.165) is 0 Å². The number of nitrogens with zero attached hydrogens (tertiary/aromatic N) is 1. The first kappa shape index (κ1) is 11.0. The Morgan fingerprint density at radius 2 is 1.93 bits per heavy atom. The molecule has 0 saturated heterocycles. The molecule has 0 aliphatic heterocycles. The molecule has 2 N–H and O–H groups in total. The van der Waals surface area contributed by atoms with E-state index in [9.17, 15) is 9.59 Å². The van der Waals surface area contributed by atoms with Gasteiger partial charge < -0.3 is 10.5 Å². The van der Waals surface area contributed by atoms with Gasteiger partial charge in [-0.2, -0.15) is 0 Å². The molecule has 5 heteroatoms. The third-order valence-electron chi connectivity index (χ3n) is 1.81. The van der Waals surface area contributed by atoms with Gasteiger partial charge in [0.1, 0.15) is 0 Å². The molecule has 0 aliphatic rings. The summed E-state index contributed by atoms with van der Waals surface area (Å²) in [6.45, 7) is 1.29. The van der Waals surface area contributed by atoms with Crippen LogP contribution in [0.5, 0.6) is 5.75 Å². The van der Waals surface area contributed by atoms with Crippen molar-refractivity contribution in [2.75, 3.05) is 11.9 Å². The van der Waals surface area contributed by atoms with Crippen LogP contribution in [-0.4, -0.2) is 19.0 Å². The maximum Gasteiger partial charge on any atom is 0.319 e. The van der Waals surface area contributed by atoms with Gasteiger partial charge in [0.15, 0.2) is 5.75 Å². The highest BCUT2D eigenvalue weighted by atomic mass is 16.5. The third-order valence-corrected chi connectivity index (χ3v) is 1.81. The average Bonchev–Trinajstić information content (AvgIpc) is 2.16. The highest BCUT2D eigenvalue weighted by Crippen LogP contribution is 2.26. The number of hydrogen-bond donors (Lipinski definition) is 1. The monoisotopic (exact) mass is 208 g/mol. The molecule has 0 heterocycles. The number of anilines is 1. The minimum absolute atomic E-state index is 0.311. The summed E-state index contributed by atoms with van der Waals surface area (Å²) in [5.41, 5.74) is 5.57. The number of urea groups is 1.